The molecule has 222 valence electrons. The van der Waals surface area contributed by atoms with Gasteiger partial charge in [-0.2, -0.15) is 16.8 Å². The first kappa shape index (κ1) is 31.3. The predicted molar refractivity (Wildman–Crippen MR) is 156 cm³/mol. The van der Waals surface area contributed by atoms with Gasteiger partial charge in [0.2, 0.25) is 5.91 Å². The first-order chi connectivity index (χ1) is 19.8. The highest BCUT2D eigenvalue weighted by Crippen LogP contribution is 2.40. The minimum Gasteiger partial charge on any atom is -0.476 e. The van der Waals surface area contributed by atoms with E-state index in [2.05, 4.69) is 4.18 Å². The zero-order chi connectivity index (χ0) is 30.7. The van der Waals surface area contributed by atoms with Crippen LogP contribution in [0.3, 0.4) is 0 Å². The molecule has 1 fully saturated rings. The lowest BCUT2D eigenvalue weighted by molar-refractivity contribution is -0.148. The summed E-state index contributed by atoms with van der Waals surface area (Å²) < 4.78 is 57.6. The highest BCUT2D eigenvalue weighted by molar-refractivity contribution is 8.00. The molecular weight excluding hydrogens is 605 g/mol. The van der Waals surface area contributed by atoms with E-state index in [9.17, 15) is 26.4 Å². The Labute approximate surface area is 248 Å². The molecule has 0 saturated carbocycles. The zero-order valence-electron chi connectivity index (χ0n) is 22.5. The van der Waals surface area contributed by atoms with Gasteiger partial charge in [0.15, 0.2) is 11.5 Å². The van der Waals surface area contributed by atoms with Crippen LogP contribution in [-0.4, -0.2) is 62.1 Å². The highest BCUT2D eigenvalue weighted by atomic mass is 32.2. The van der Waals surface area contributed by atoms with E-state index < -0.39 is 55.3 Å². The van der Waals surface area contributed by atoms with E-state index >= 15 is 0 Å². The number of nitrogens with zero attached hydrogens (tertiary/aromatic N) is 1. The summed E-state index contributed by atoms with van der Waals surface area (Å²) in [5.41, 5.74) is 7.66. The van der Waals surface area contributed by atoms with Crippen LogP contribution in [-0.2, 0) is 38.2 Å². The number of benzene rings is 3. The number of carboxylic acids is 1. The van der Waals surface area contributed by atoms with Gasteiger partial charge in [-0.25, -0.2) is 4.79 Å². The van der Waals surface area contributed by atoms with Crippen molar-refractivity contribution in [2.75, 3.05) is 12.0 Å². The first-order valence-electron chi connectivity index (χ1n) is 12.4. The molecule has 0 radical (unpaired) electrons. The summed E-state index contributed by atoms with van der Waals surface area (Å²) in [7, 11) is -7.71. The van der Waals surface area contributed by atoms with E-state index in [0.717, 1.165) is 39.6 Å². The number of hydrogen-bond donors (Lipinski definition) is 2. The molecule has 2 aliphatic rings. The van der Waals surface area contributed by atoms with E-state index in [4.69, 9.17) is 15.0 Å². The van der Waals surface area contributed by atoms with Crippen molar-refractivity contribution in [3.8, 4) is 0 Å². The number of fused-ring (bicyclic) bond motifs is 1. The molecule has 3 aromatic carbocycles. The largest absolute Gasteiger partial charge is 0.476 e. The van der Waals surface area contributed by atoms with E-state index in [0.29, 0.717) is 0 Å². The molecule has 0 unspecified atom stereocenters. The summed E-state index contributed by atoms with van der Waals surface area (Å²) in [5, 5.41) is 8.58. The van der Waals surface area contributed by atoms with E-state index in [-0.39, 0.29) is 16.4 Å². The van der Waals surface area contributed by atoms with Crippen LogP contribution in [0.1, 0.15) is 22.8 Å². The summed E-state index contributed by atoms with van der Waals surface area (Å²) in [6.07, 6.45) is 0.124. The monoisotopic (exact) mass is 632 g/mol. The van der Waals surface area contributed by atoms with Crippen LogP contribution in [0.5, 0.6) is 0 Å². The van der Waals surface area contributed by atoms with Gasteiger partial charge in [0.05, 0.1) is 16.9 Å². The van der Waals surface area contributed by atoms with Crippen LogP contribution < -0.4 is 5.73 Å². The number of nitrogens with two attached hydrogens (primary N) is 1. The molecule has 0 bridgehead atoms. The smallest absolute Gasteiger partial charge is 0.356 e. The quantitative estimate of drug-likeness (QED) is 0.276. The van der Waals surface area contributed by atoms with Gasteiger partial charge >= 0.3 is 16.1 Å². The number of aliphatic carboxylic acids is 1. The summed E-state index contributed by atoms with van der Waals surface area (Å²) >= 11 is 1.16. The van der Waals surface area contributed by atoms with Gasteiger partial charge in [0.1, 0.15) is 17.5 Å². The third kappa shape index (κ3) is 7.20. The molecule has 1 saturated heterocycles. The molecule has 1 amide bonds. The van der Waals surface area contributed by atoms with E-state index in [1.165, 1.54) is 0 Å². The minimum absolute atomic E-state index is 0.0385. The van der Waals surface area contributed by atoms with Gasteiger partial charge in [-0.1, -0.05) is 78.4 Å². The molecule has 0 aliphatic carbocycles. The Morgan fingerprint density at radius 1 is 0.952 bits per heavy atom. The predicted octanol–water partition coefficient (Wildman–Crippen LogP) is 2.99. The Morgan fingerprint density at radius 2 is 1.48 bits per heavy atom. The van der Waals surface area contributed by atoms with Gasteiger partial charge < -0.3 is 15.0 Å². The average Bonchev–Trinajstić information content (AvgIpc) is 2.96. The maximum absolute atomic E-state index is 12.7. The fraction of sp³-hybridized carbons (Fsp3) is 0.214. The fourth-order valence-electron chi connectivity index (χ4n) is 4.18. The third-order valence-electron chi connectivity index (χ3n) is 6.17. The fourth-order valence-corrected chi connectivity index (χ4v) is 7.01. The van der Waals surface area contributed by atoms with E-state index in [1.54, 1.807) is 24.3 Å². The molecule has 42 heavy (non-hydrogen) atoms. The van der Waals surface area contributed by atoms with Crippen LogP contribution in [0.2, 0.25) is 0 Å². The number of carbonyl (C=O) groups is 2. The van der Waals surface area contributed by atoms with Crippen LogP contribution in [0.25, 0.3) is 0 Å². The second kappa shape index (κ2) is 12.7. The lowest BCUT2D eigenvalue weighted by Crippen LogP contribution is -2.68. The lowest BCUT2D eigenvalue weighted by Gasteiger charge is -2.47. The maximum Gasteiger partial charge on any atom is 0.356 e. The zero-order valence-corrected chi connectivity index (χ0v) is 24.9. The van der Waals surface area contributed by atoms with E-state index in [1.807, 2.05) is 67.6 Å². The number of rotatable bonds is 8. The Bertz CT molecular complexity index is 1650. The summed E-state index contributed by atoms with van der Waals surface area (Å²) in [4.78, 5) is 23.7. The molecular formula is C28H28N2O9S3. The van der Waals surface area contributed by atoms with Gasteiger partial charge in [-0.3, -0.25) is 13.9 Å². The van der Waals surface area contributed by atoms with Crippen molar-refractivity contribution in [2.45, 2.75) is 29.3 Å². The topological polar surface area (TPSA) is 170 Å². The van der Waals surface area contributed by atoms with Crippen molar-refractivity contribution >= 4 is 43.9 Å². The van der Waals surface area contributed by atoms with Crippen molar-refractivity contribution in [3.63, 3.8) is 0 Å². The Morgan fingerprint density at radius 3 is 1.95 bits per heavy atom. The number of aryl methyl sites for hydroxylation is 1. The number of hydrogen-bond acceptors (Lipinski definition) is 10. The van der Waals surface area contributed by atoms with Gasteiger partial charge in [-0.15, -0.1) is 11.8 Å². The molecule has 3 aromatic rings. The van der Waals surface area contributed by atoms with Crippen LogP contribution in [0.4, 0.5) is 0 Å². The van der Waals surface area contributed by atoms with Crippen molar-refractivity contribution in [2.24, 2.45) is 5.73 Å². The number of amides is 1. The average molecular weight is 633 g/mol. The Balaban J connectivity index is 0.000000201. The number of carboxylic acid groups (broad SMARTS) is 1. The molecule has 5 rings (SSSR count). The molecule has 0 aromatic heterocycles. The van der Waals surface area contributed by atoms with Crippen molar-refractivity contribution in [1.82, 2.24) is 4.90 Å². The van der Waals surface area contributed by atoms with Gasteiger partial charge in [0.25, 0.3) is 10.1 Å². The van der Waals surface area contributed by atoms with Crippen LogP contribution >= 0.6 is 11.8 Å². The van der Waals surface area contributed by atoms with Crippen molar-refractivity contribution in [3.05, 3.63) is 113 Å². The van der Waals surface area contributed by atoms with Crippen molar-refractivity contribution in [1.29, 1.82) is 0 Å². The van der Waals surface area contributed by atoms with Crippen molar-refractivity contribution < 1.29 is 39.9 Å². The minimum atomic E-state index is -3.87. The summed E-state index contributed by atoms with van der Waals surface area (Å²) in [6.45, 7) is 1.91. The Hall–Kier alpha value is -3.69. The summed E-state index contributed by atoms with van der Waals surface area (Å²) in [6, 6.07) is 24.6. The molecule has 3 N–H and O–H groups in total. The second-order valence-corrected chi connectivity index (χ2v) is 13.6. The lowest BCUT2D eigenvalue weighted by atomic mass is 10.0. The number of thioether (sulfide) groups is 1. The van der Waals surface area contributed by atoms with Crippen LogP contribution in [0.15, 0.2) is 101 Å². The normalized spacial score (nSPS) is 18.5. The number of carbonyl (C=O) groups excluding carboxylic acids is 1. The molecule has 2 heterocycles. The molecule has 2 atom stereocenters. The van der Waals surface area contributed by atoms with Gasteiger partial charge in [-0.05, 0) is 30.2 Å². The molecule has 2 aliphatic heterocycles. The second-order valence-electron chi connectivity index (χ2n) is 9.36. The highest BCUT2D eigenvalue weighted by Gasteiger charge is 2.52. The molecule has 0 spiro atoms. The number of β-lactam (4-membered cyclic amide) rings is 1. The SMILES string of the molecule is CS(=O)(=O)OC1=C(C(=O)O)N2C(=O)[C@@H](N)[C@H]2SC1.Cc1ccc(S(=O)(=O)OC(c2ccccc2)c2ccccc2)cc1. The maximum atomic E-state index is 12.7. The van der Waals surface area contributed by atoms with Gasteiger partial charge in [0, 0.05) is 0 Å². The molecule has 11 nitrogen and oxygen atoms in total. The summed E-state index contributed by atoms with van der Waals surface area (Å²) in [5.74, 6) is -2.19. The molecule has 14 heteroatoms. The third-order valence-corrected chi connectivity index (χ3v) is 9.24. The standard InChI is InChI=1S/C20H18O3S.C8H10N2O6S2/c1-16-12-14-19(15-13-16)24(21,22)23-20(17-8-4-2-5-9-17)18-10-6-3-7-11-18;1-18(14,15)16-3-2-17-7-4(9)6(11)10(7)5(3)8(12)13/h2-15,20H,1H3;4,7H,2,9H2,1H3,(H,12,13)/t;4-,7-/m.1/s1. The van der Waals surface area contributed by atoms with Crippen LogP contribution in [0, 0.1) is 6.92 Å². The Kier molecular flexibility index (Phi) is 9.43. The first-order valence-corrected chi connectivity index (χ1v) is 16.7.